The number of carbonyl (C=O) groups excluding carboxylic acids is 4. The zero-order valence-corrected chi connectivity index (χ0v) is 22.8. The van der Waals surface area contributed by atoms with Crippen molar-refractivity contribution in [3.8, 4) is 0 Å². The van der Waals surface area contributed by atoms with Crippen molar-refractivity contribution in [1.29, 1.82) is 0 Å². The van der Waals surface area contributed by atoms with Crippen LogP contribution in [0.2, 0.25) is 0 Å². The highest BCUT2D eigenvalue weighted by molar-refractivity contribution is 6.06. The van der Waals surface area contributed by atoms with Gasteiger partial charge in [0.05, 0.1) is 5.54 Å². The lowest BCUT2D eigenvalue weighted by molar-refractivity contribution is -0.143. The molecule has 214 valence electrons. The molecule has 2 heterocycles. The first-order valence-corrected chi connectivity index (χ1v) is 14.5. The van der Waals surface area contributed by atoms with Crippen LogP contribution in [-0.4, -0.2) is 51.7 Å². The quantitative estimate of drug-likeness (QED) is 0.577. The molecule has 1 spiro atoms. The summed E-state index contributed by atoms with van der Waals surface area (Å²) in [5.74, 6) is -1.00. The van der Waals surface area contributed by atoms with Gasteiger partial charge in [0, 0.05) is 30.3 Å². The Morgan fingerprint density at radius 1 is 1.00 bits per heavy atom. The average molecular weight is 561 g/mol. The highest BCUT2D eigenvalue weighted by atomic mass is 19.1. The molecule has 10 heteroatoms. The van der Waals surface area contributed by atoms with Gasteiger partial charge in [0.15, 0.2) is 0 Å². The third kappa shape index (κ3) is 4.31. The van der Waals surface area contributed by atoms with Crippen molar-refractivity contribution in [1.82, 2.24) is 9.80 Å². The zero-order chi connectivity index (χ0) is 28.5. The van der Waals surface area contributed by atoms with E-state index in [4.69, 9.17) is 10.5 Å². The van der Waals surface area contributed by atoms with Crippen molar-refractivity contribution in [2.45, 2.75) is 81.5 Å². The van der Waals surface area contributed by atoms with E-state index in [1.165, 1.54) is 12.1 Å². The molecule has 2 aromatic carbocycles. The van der Waals surface area contributed by atoms with Gasteiger partial charge in [0.2, 0.25) is 17.4 Å². The van der Waals surface area contributed by atoms with Gasteiger partial charge < -0.3 is 20.7 Å². The zero-order valence-electron chi connectivity index (χ0n) is 22.8. The maximum atomic E-state index is 13.9. The van der Waals surface area contributed by atoms with Crippen molar-refractivity contribution in [3.05, 3.63) is 64.5 Å². The molecule has 2 saturated carbocycles. The van der Waals surface area contributed by atoms with Crippen LogP contribution < -0.4 is 11.1 Å². The topological polar surface area (TPSA) is 122 Å². The van der Waals surface area contributed by atoms with E-state index in [0.29, 0.717) is 55.8 Å². The molecule has 3 fully saturated rings. The van der Waals surface area contributed by atoms with Crippen LogP contribution in [0, 0.1) is 11.7 Å². The monoisotopic (exact) mass is 560 g/mol. The molecule has 2 aliphatic heterocycles. The molecule has 9 nitrogen and oxygen atoms in total. The summed E-state index contributed by atoms with van der Waals surface area (Å²) >= 11 is 0. The molecule has 1 saturated heterocycles. The fourth-order valence-electron chi connectivity index (χ4n) is 6.98. The summed E-state index contributed by atoms with van der Waals surface area (Å²) in [5, 5.41) is 2.88. The number of imide groups is 1. The van der Waals surface area contributed by atoms with E-state index < -0.39 is 29.7 Å². The Morgan fingerprint density at radius 3 is 2.54 bits per heavy atom. The van der Waals surface area contributed by atoms with Crippen LogP contribution in [0.5, 0.6) is 0 Å². The van der Waals surface area contributed by atoms with Crippen LogP contribution >= 0.6 is 0 Å². The summed E-state index contributed by atoms with van der Waals surface area (Å²) in [6.07, 6.45) is 5.59. The number of rotatable bonds is 5. The van der Waals surface area contributed by atoms with E-state index in [1.54, 1.807) is 29.2 Å². The Labute approximate surface area is 237 Å². The van der Waals surface area contributed by atoms with Crippen molar-refractivity contribution in [2.24, 2.45) is 11.7 Å². The van der Waals surface area contributed by atoms with Gasteiger partial charge in [-0.1, -0.05) is 12.1 Å². The summed E-state index contributed by atoms with van der Waals surface area (Å²) in [6, 6.07) is 9.85. The lowest BCUT2D eigenvalue weighted by Gasteiger charge is -2.36. The van der Waals surface area contributed by atoms with Gasteiger partial charge in [-0.3, -0.25) is 14.4 Å². The molecule has 0 aromatic heterocycles. The minimum absolute atomic E-state index is 0.0194. The molecule has 7 rings (SSSR count). The first-order valence-electron chi connectivity index (χ1n) is 14.5. The van der Waals surface area contributed by atoms with Crippen LogP contribution in [0.4, 0.5) is 14.9 Å². The predicted molar refractivity (Wildman–Crippen MR) is 146 cm³/mol. The highest BCUT2D eigenvalue weighted by Crippen LogP contribution is 2.46. The molecule has 1 unspecified atom stereocenters. The van der Waals surface area contributed by atoms with E-state index in [1.807, 2.05) is 0 Å². The van der Waals surface area contributed by atoms with E-state index in [-0.39, 0.29) is 30.1 Å². The fourth-order valence-corrected chi connectivity index (χ4v) is 6.98. The largest absolute Gasteiger partial charge is 0.427 e. The molecular weight excluding hydrogens is 527 g/mol. The van der Waals surface area contributed by atoms with Crippen LogP contribution in [0.1, 0.15) is 67.2 Å². The minimum atomic E-state index is -1.48. The molecule has 3 N–H and O–H groups in total. The second-order valence-electron chi connectivity index (χ2n) is 12.3. The Hall–Kier alpha value is -3.79. The van der Waals surface area contributed by atoms with Crippen molar-refractivity contribution >= 4 is 29.5 Å². The van der Waals surface area contributed by atoms with Gasteiger partial charge >= 0.3 is 6.09 Å². The van der Waals surface area contributed by atoms with Gasteiger partial charge in [-0.15, -0.1) is 0 Å². The summed E-state index contributed by atoms with van der Waals surface area (Å²) in [7, 11) is 0. The first-order chi connectivity index (χ1) is 19.7. The fraction of sp³-hybridized carbons (Fsp3) is 0.484. The molecular formula is C31H33FN4O5. The number of fused-ring (bicyclic) bond motifs is 3. The van der Waals surface area contributed by atoms with E-state index in [0.717, 1.165) is 40.9 Å². The molecule has 0 bridgehead atoms. The van der Waals surface area contributed by atoms with Gasteiger partial charge in [-0.05, 0) is 98.2 Å². The smallest absolute Gasteiger partial charge is 0.418 e. The van der Waals surface area contributed by atoms with Crippen LogP contribution in [0.3, 0.4) is 0 Å². The Bertz CT molecular complexity index is 1480. The minimum Gasteiger partial charge on any atom is -0.427 e. The number of aryl methyl sites for hydroxylation is 2. The second-order valence-corrected chi connectivity index (χ2v) is 12.3. The molecule has 5 aliphatic rings. The van der Waals surface area contributed by atoms with E-state index >= 15 is 0 Å². The predicted octanol–water partition coefficient (Wildman–Crippen LogP) is 3.52. The molecule has 2 aromatic rings. The Kier molecular flexibility index (Phi) is 5.97. The normalized spacial score (nSPS) is 26.2. The molecule has 3 aliphatic carbocycles. The maximum Gasteiger partial charge on any atom is 0.418 e. The Balaban J connectivity index is 1.09. The van der Waals surface area contributed by atoms with Gasteiger partial charge in [0.25, 0.3) is 5.91 Å². The van der Waals surface area contributed by atoms with E-state index in [9.17, 15) is 23.6 Å². The Morgan fingerprint density at radius 2 is 1.80 bits per heavy atom. The third-order valence-corrected chi connectivity index (χ3v) is 9.71. The number of anilines is 1. The number of benzene rings is 2. The lowest BCUT2D eigenvalue weighted by atomic mass is 9.77. The maximum absolute atomic E-state index is 13.9. The van der Waals surface area contributed by atoms with Gasteiger partial charge in [0.1, 0.15) is 12.4 Å². The number of nitrogens with one attached hydrogen (secondary N) is 1. The molecule has 2 atom stereocenters. The number of hydrogen-bond acceptors (Lipinski definition) is 6. The molecule has 4 amide bonds. The summed E-state index contributed by atoms with van der Waals surface area (Å²) in [4.78, 5) is 55.9. The number of amides is 4. The SMILES string of the molecule is NC1(C(=O)Nc2ccc3c(c2)CC[C@@]32OC(=O)N(CC(=O)N3Cc4ccc(F)cc4CCC3C3CC3)C2=O)CCC1. The second kappa shape index (κ2) is 9.37. The van der Waals surface area contributed by atoms with Crippen LogP contribution in [0.15, 0.2) is 36.4 Å². The summed E-state index contributed by atoms with van der Waals surface area (Å²) < 4.78 is 19.7. The number of hydrogen-bond donors (Lipinski definition) is 2. The number of nitrogens with zero attached hydrogens (tertiary/aromatic N) is 2. The number of nitrogens with two attached hydrogens (primary N) is 1. The summed E-state index contributed by atoms with van der Waals surface area (Å²) in [6.45, 7) is -0.0829. The van der Waals surface area contributed by atoms with Crippen molar-refractivity contribution in [3.63, 3.8) is 0 Å². The van der Waals surface area contributed by atoms with Crippen molar-refractivity contribution < 1.29 is 28.3 Å². The van der Waals surface area contributed by atoms with Crippen LogP contribution in [-0.2, 0) is 44.1 Å². The highest BCUT2D eigenvalue weighted by Gasteiger charge is 2.58. The number of halogens is 1. The van der Waals surface area contributed by atoms with Gasteiger partial charge in [-0.25, -0.2) is 14.1 Å². The van der Waals surface area contributed by atoms with Crippen LogP contribution in [0.25, 0.3) is 0 Å². The molecule has 41 heavy (non-hydrogen) atoms. The standard InChI is InChI=1S/C31H33FN4O5/c32-22-6-4-21-16-35(25(18-2-3-18)9-5-19(21)14-22)26(37)17-36-28(39)31(41-29(36)40)13-10-20-15-23(7-8-24(20)31)34-27(38)30(33)11-1-12-30/h4,6-8,14-15,18,25H,1-3,5,9-13,16-17,33H2,(H,34,38)/t25?,31-/m1/s1. The molecule has 0 radical (unpaired) electrons. The van der Waals surface area contributed by atoms with E-state index in [2.05, 4.69) is 5.32 Å². The van der Waals surface area contributed by atoms with Crippen molar-refractivity contribution in [2.75, 3.05) is 11.9 Å². The number of carbonyl (C=O) groups is 4. The summed E-state index contributed by atoms with van der Waals surface area (Å²) in [5.41, 5.74) is 7.59. The van der Waals surface area contributed by atoms with Gasteiger partial charge in [-0.2, -0.15) is 0 Å². The lowest BCUT2D eigenvalue weighted by Crippen LogP contribution is -2.56. The average Bonchev–Trinajstić information content (AvgIpc) is 3.70. The third-order valence-electron chi connectivity index (χ3n) is 9.71. The first kappa shape index (κ1) is 26.1. The number of ether oxygens (including phenoxy) is 1.